The zero-order chi connectivity index (χ0) is 29.1. The minimum Gasteiger partial charge on any atom is -0.495 e. The summed E-state index contributed by atoms with van der Waals surface area (Å²) in [7, 11) is 2.94. The molecule has 3 N–H and O–H groups in total. The molecule has 0 saturated heterocycles. The third kappa shape index (κ3) is 5.75. The first-order valence-electron chi connectivity index (χ1n) is 13.1. The van der Waals surface area contributed by atoms with Gasteiger partial charge in [0.15, 0.2) is 0 Å². The second-order valence-electron chi connectivity index (χ2n) is 9.69. The number of hydrogen-bond donors (Lipinski definition) is 3. The second kappa shape index (κ2) is 12.2. The van der Waals surface area contributed by atoms with Gasteiger partial charge in [0.1, 0.15) is 27.4 Å². The number of carbonyl (C=O) groups excluding carboxylic acids is 2. The molecule has 0 spiro atoms. The summed E-state index contributed by atoms with van der Waals surface area (Å²) in [5.74, 6) is 1.18. The fraction of sp³-hybridized carbons (Fsp3) is 0.370. The lowest BCUT2D eigenvalue weighted by atomic mass is 9.90. The van der Waals surface area contributed by atoms with E-state index in [2.05, 4.69) is 32.4 Å². The van der Waals surface area contributed by atoms with Crippen molar-refractivity contribution in [3.05, 3.63) is 58.5 Å². The Labute approximate surface area is 247 Å². The number of hydrogen-bond acceptors (Lipinski definition) is 8. The van der Waals surface area contributed by atoms with Crippen LogP contribution in [0.4, 0.5) is 22.2 Å². The average Bonchev–Trinajstić information content (AvgIpc) is 3.50. The van der Waals surface area contributed by atoms with Gasteiger partial charge in [-0.1, -0.05) is 42.6 Å². The van der Waals surface area contributed by atoms with Gasteiger partial charge >= 0.3 is 6.03 Å². The number of rotatable bonds is 9. The number of aromatic amines is 1. The lowest BCUT2D eigenvalue weighted by molar-refractivity contribution is -0.117. The van der Waals surface area contributed by atoms with Crippen molar-refractivity contribution in [2.45, 2.75) is 50.9 Å². The number of methoxy groups -OCH3 is 2. The molecule has 1 aliphatic carbocycles. The van der Waals surface area contributed by atoms with E-state index in [0.29, 0.717) is 34.5 Å². The van der Waals surface area contributed by atoms with Crippen molar-refractivity contribution in [1.82, 2.24) is 25.5 Å². The molecule has 216 valence electrons. The summed E-state index contributed by atoms with van der Waals surface area (Å²) in [5.41, 5.74) is 1.61. The van der Waals surface area contributed by atoms with Crippen LogP contribution in [0.2, 0.25) is 10.0 Å². The SMILES string of the molecule is C=CC(=O)N[C@H]1CCCC[C@H]1Nc1ncc2c(n1)N(Cc1ccn[nH]1)C(=O)N(c1c(Cl)c(OC)cc(OC)c1Cl)C2. The van der Waals surface area contributed by atoms with Gasteiger partial charge in [-0.25, -0.2) is 9.78 Å². The fourth-order valence-corrected chi connectivity index (χ4v) is 5.85. The maximum Gasteiger partial charge on any atom is 0.330 e. The highest BCUT2D eigenvalue weighted by molar-refractivity contribution is 6.42. The van der Waals surface area contributed by atoms with Gasteiger partial charge < -0.3 is 20.1 Å². The van der Waals surface area contributed by atoms with Gasteiger partial charge in [0, 0.05) is 36.1 Å². The van der Waals surface area contributed by atoms with E-state index in [4.69, 9.17) is 37.7 Å². The molecule has 0 bridgehead atoms. The van der Waals surface area contributed by atoms with Crippen LogP contribution in [0.3, 0.4) is 0 Å². The Morgan fingerprint density at radius 2 is 1.90 bits per heavy atom. The Kier molecular flexibility index (Phi) is 8.50. The Morgan fingerprint density at radius 1 is 1.20 bits per heavy atom. The number of carbonyl (C=O) groups is 2. The van der Waals surface area contributed by atoms with Gasteiger partial charge in [-0.2, -0.15) is 10.1 Å². The van der Waals surface area contributed by atoms with Crippen LogP contribution < -0.4 is 29.9 Å². The maximum atomic E-state index is 14.1. The summed E-state index contributed by atoms with van der Waals surface area (Å²) in [6, 6.07) is 2.75. The molecule has 12 nitrogen and oxygen atoms in total. The normalized spacial score (nSPS) is 18.5. The summed E-state index contributed by atoms with van der Waals surface area (Å²) >= 11 is 13.4. The highest BCUT2D eigenvalue weighted by Gasteiger charge is 2.37. The number of nitrogens with one attached hydrogen (secondary N) is 3. The number of fused-ring (bicyclic) bond motifs is 1. The van der Waals surface area contributed by atoms with E-state index in [1.165, 1.54) is 30.1 Å². The van der Waals surface area contributed by atoms with Gasteiger partial charge in [-0.05, 0) is 25.0 Å². The quantitative estimate of drug-likeness (QED) is 0.301. The lowest BCUT2D eigenvalue weighted by Gasteiger charge is -2.37. The number of nitrogens with zero attached hydrogens (tertiary/aromatic N) is 5. The Morgan fingerprint density at radius 3 is 2.54 bits per heavy atom. The number of anilines is 3. The van der Waals surface area contributed by atoms with Crippen molar-refractivity contribution in [2.24, 2.45) is 0 Å². The van der Waals surface area contributed by atoms with E-state index in [0.717, 1.165) is 25.7 Å². The van der Waals surface area contributed by atoms with Crippen LogP contribution >= 0.6 is 23.2 Å². The van der Waals surface area contributed by atoms with Gasteiger partial charge in [0.25, 0.3) is 0 Å². The predicted octanol–water partition coefficient (Wildman–Crippen LogP) is 4.70. The first kappa shape index (κ1) is 28.5. The van der Waals surface area contributed by atoms with Gasteiger partial charge in [-0.3, -0.25) is 19.7 Å². The van der Waals surface area contributed by atoms with Crippen LogP contribution in [0, 0.1) is 0 Å². The van der Waals surface area contributed by atoms with Crippen LogP contribution in [-0.4, -0.2) is 58.4 Å². The monoisotopic (exact) mass is 600 g/mol. The predicted molar refractivity (Wildman–Crippen MR) is 156 cm³/mol. The molecule has 1 aromatic carbocycles. The minimum atomic E-state index is -0.412. The lowest BCUT2D eigenvalue weighted by Crippen LogP contribution is -2.49. The summed E-state index contributed by atoms with van der Waals surface area (Å²) < 4.78 is 10.8. The number of benzene rings is 1. The van der Waals surface area contributed by atoms with Gasteiger partial charge in [0.05, 0.1) is 38.7 Å². The Hall–Kier alpha value is -4.03. The summed E-state index contributed by atoms with van der Waals surface area (Å²) in [4.78, 5) is 38.4. The molecule has 1 saturated carbocycles. The zero-order valence-electron chi connectivity index (χ0n) is 22.6. The number of urea groups is 1. The molecule has 3 aromatic rings. The second-order valence-corrected chi connectivity index (χ2v) is 10.4. The summed E-state index contributed by atoms with van der Waals surface area (Å²) in [6.07, 6.45) is 8.22. The van der Waals surface area contributed by atoms with E-state index in [-0.39, 0.29) is 46.8 Å². The number of halogens is 2. The zero-order valence-corrected chi connectivity index (χ0v) is 24.1. The van der Waals surface area contributed by atoms with Crippen molar-refractivity contribution in [3.8, 4) is 11.5 Å². The van der Waals surface area contributed by atoms with E-state index in [9.17, 15) is 9.59 Å². The molecule has 2 atom stereocenters. The molecular weight excluding hydrogens is 571 g/mol. The largest absolute Gasteiger partial charge is 0.495 e. The highest BCUT2D eigenvalue weighted by atomic mass is 35.5. The van der Waals surface area contributed by atoms with E-state index in [1.807, 2.05) is 0 Å². The molecule has 41 heavy (non-hydrogen) atoms. The Bertz CT molecular complexity index is 1420. The minimum absolute atomic E-state index is 0.0793. The van der Waals surface area contributed by atoms with Crippen molar-refractivity contribution < 1.29 is 19.1 Å². The first-order chi connectivity index (χ1) is 19.8. The molecule has 0 unspecified atom stereocenters. The summed E-state index contributed by atoms with van der Waals surface area (Å²) in [6.45, 7) is 3.80. The van der Waals surface area contributed by atoms with E-state index in [1.54, 1.807) is 24.5 Å². The highest BCUT2D eigenvalue weighted by Crippen LogP contribution is 2.48. The molecule has 5 rings (SSSR count). The third-order valence-electron chi connectivity index (χ3n) is 7.19. The fourth-order valence-electron chi connectivity index (χ4n) is 5.14. The van der Waals surface area contributed by atoms with Crippen molar-refractivity contribution in [3.63, 3.8) is 0 Å². The molecule has 0 radical (unpaired) electrons. The van der Waals surface area contributed by atoms with Crippen LogP contribution in [0.25, 0.3) is 0 Å². The third-order valence-corrected chi connectivity index (χ3v) is 7.92. The molecule has 2 aliphatic rings. The molecule has 2 aromatic heterocycles. The molecule has 1 fully saturated rings. The smallest absolute Gasteiger partial charge is 0.330 e. The van der Waals surface area contributed by atoms with Crippen LogP contribution in [0.1, 0.15) is 36.9 Å². The Balaban J connectivity index is 1.52. The molecule has 14 heteroatoms. The molecular formula is C27H30Cl2N8O4. The number of ether oxygens (including phenoxy) is 2. The van der Waals surface area contributed by atoms with Crippen LogP contribution in [0.5, 0.6) is 11.5 Å². The molecule has 3 amide bonds. The standard InChI is InChI=1S/C27H30Cl2N8O4/c1-4-21(38)32-17-7-5-6-8-18(17)33-26-30-12-15-13-36(24-22(28)19(40-2)11-20(41-3)23(24)29)27(39)37(25(15)34-26)14-16-9-10-31-35-16/h4,9-12,17-18H,1,5-8,13-14H2,2-3H3,(H,31,35)(H,32,38)(H,30,33,34)/t17-,18+/m0/s1. The van der Waals surface area contributed by atoms with Crippen LogP contribution in [-0.2, 0) is 17.9 Å². The summed E-state index contributed by atoms with van der Waals surface area (Å²) in [5, 5.41) is 13.6. The topological polar surface area (TPSA) is 138 Å². The average molecular weight is 601 g/mol. The van der Waals surface area contributed by atoms with Crippen molar-refractivity contribution in [1.29, 1.82) is 0 Å². The molecule has 3 heterocycles. The van der Waals surface area contributed by atoms with E-state index < -0.39 is 6.03 Å². The number of H-pyrrole nitrogens is 1. The number of amides is 3. The van der Waals surface area contributed by atoms with Crippen LogP contribution in [0.15, 0.2) is 37.2 Å². The maximum absolute atomic E-state index is 14.1. The first-order valence-corrected chi connectivity index (χ1v) is 13.8. The van der Waals surface area contributed by atoms with Gasteiger partial charge in [-0.15, -0.1) is 0 Å². The van der Waals surface area contributed by atoms with Crippen molar-refractivity contribution in [2.75, 3.05) is 29.3 Å². The van der Waals surface area contributed by atoms with Gasteiger partial charge in [0.2, 0.25) is 11.9 Å². The molecule has 1 aliphatic heterocycles. The number of aromatic nitrogens is 4. The van der Waals surface area contributed by atoms with Crippen molar-refractivity contribution >= 4 is 52.6 Å². The van der Waals surface area contributed by atoms with E-state index >= 15 is 0 Å².